The number of hydrogen-bond acceptors (Lipinski definition) is 4. The molecule has 1 aromatic heterocycles. The van der Waals surface area contributed by atoms with Crippen LogP contribution in [-0.4, -0.2) is 23.5 Å². The fourth-order valence-corrected chi connectivity index (χ4v) is 2.65. The third kappa shape index (κ3) is 6.07. The SMILES string of the molecule is CCCCOc1ccc(NC(=O)Nc2ccccc2NC(=O)c2ccncc2)cc1. The van der Waals surface area contributed by atoms with Gasteiger partial charge >= 0.3 is 6.03 Å². The van der Waals surface area contributed by atoms with Crippen LogP contribution >= 0.6 is 0 Å². The Morgan fingerprint density at radius 1 is 0.867 bits per heavy atom. The summed E-state index contributed by atoms with van der Waals surface area (Å²) in [5.74, 6) is 0.476. The molecule has 3 aromatic rings. The zero-order valence-electron chi connectivity index (χ0n) is 16.7. The number of hydrogen-bond donors (Lipinski definition) is 3. The molecule has 0 aliphatic heterocycles. The summed E-state index contributed by atoms with van der Waals surface area (Å²) >= 11 is 0. The van der Waals surface area contributed by atoms with Crippen molar-refractivity contribution >= 4 is 29.0 Å². The molecule has 0 saturated carbocycles. The maximum absolute atomic E-state index is 12.4. The molecule has 0 spiro atoms. The van der Waals surface area contributed by atoms with Crippen LogP contribution in [0.4, 0.5) is 21.9 Å². The molecule has 7 nitrogen and oxygen atoms in total. The third-order valence-corrected chi connectivity index (χ3v) is 4.24. The first-order valence-electron chi connectivity index (χ1n) is 9.77. The standard InChI is InChI=1S/C23H24N4O3/c1-2-3-16-30-19-10-8-18(9-11-19)25-23(29)27-21-7-5-4-6-20(21)26-22(28)17-12-14-24-15-13-17/h4-15H,2-3,16H2,1H3,(H,26,28)(H2,25,27,29). The van der Waals surface area contributed by atoms with Crippen molar-refractivity contribution in [3.05, 3.63) is 78.6 Å². The summed E-state index contributed by atoms with van der Waals surface area (Å²) in [5.41, 5.74) is 2.09. The number of nitrogens with one attached hydrogen (secondary N) is 3. The molecule has 3 amide bonds. The van der Waals surface area contributed by atoms with Gasteiger partial charge in [0.1, 0.15) is 5.75 Å². The van der Waals surface area contributed by atoms with Gasteiger partial charge in [-0.2, -0.15) is 0 Å². The molecule has 0 unspecified atom stereocenters. The second-order valence-electron chi connectivity index (χ2n) is 6.54. The van der Waals surface area contributed by atoms with Crippen LogP contribution in [-0.2, 0) is 0 Å². The van der Waals surface area contributed by atoms with Gasteiger partial charge in [0.05, 0.1) is 18.0 Å². The van der Waals surface area contributed by atoms with E-state index in [-0.39, 0.29) is 5.91 Å². The van der Waals surface area contributed by atoms with Gasteiger partial charge in [-0.15, -0.1) is 0 Å². The number of anilines is 3. The van der Waals surface area contributed by atoms with Crippen molar-refractivity contribution in [2.75, 3.05) is 22.6 Å². The molecule has 3 N–H and O–H groups in total. The van der Waals surface area contributed by atoms with Crippen LogP contribution in [0.1, 0.15) is 30.1 Å². The van der Waals surface area contributed by atoms with E-state index in [1.807, 2.05) is 12.1 Å². The summed E-state index contributed by atoms with van der Waals surface area (Å²) in [7, 11) is 0. The first-order chi connectivity index (χ1) is 14.7. The van der Waals surface area contributed by atoms with Crippen molar-refractivity contribution < 1.29 is 14.3 Å². The number of rotatable bonds is 8. The van der Waals surface area contributed by atoms with Crippen LogP contribution in [0.2, 0.25) is 0 Å². The van der Waals surface area contributed by atoms with E-state index >= 15 is 0 Å². The van der Waals surface area contributed by atoms with Gasteiger partial charge in [-0.1, -0.05) is 25.5 Å². The minimum atomic E-state index is -0.416. The van der Waals surface area contributed by atoms with Crippen molar-refractivity contribution in [3.8, 4) is 5.75 Å². The molecular weight excluding hydrogens is 380 g/mol. The third-order valence-electron chi connectivity index (χ3n) is 4.24. The van der Waals surface area contributed by atoms with E-state index in [1.165, 1.54) is 0 Å². The number of amides is 3. The lowest BCUT2D eigenvalue weighted by Gasteiger charge is -2.13. The van der Waals surface area contributed by atoms with Crippen molar-refractivity contribution in [2.45, 2.75) is 19.8 Å². The van der Waals surface area contributed by atoms with Crippen molar-refractivity contribution in [2.24, 2.45) is 0 Å². The molecule has 154 valence electrons. The summed E-state index contributed by atoms with van der Waals surface area (Å²) in [5, 5.41) is 8.34. The molecule has 0 radical (unpaired) electrons. The molecule has 0 aliphatic rings. The highest BCUT2D eigenvalue weighted by Crippen LogP contribution is 2.22. The van der Waals surface area contributed by atoms with Gasteiger partial charge in [-0.3, -0.25) is 9.78 Å². The molecule has 0 aliphatic carbocycles. The van der Waals surface area contributed by atoms with Gasteiger partial charge in [0, 0.05) is 23.6 Å². The molecule has 0 saturated heterocycles. The van der Waals surface area contributed by atoms with Gasteiger partial charge in [-0.25, -0.2) is 4.79 Å². The van der Waals surface area contributed by atoms with Gasteiger partial charge in [-0.05, 0) is 55.0 Å². The minimum absolute atomic E-state index is 0.286. The predicted molar refractivity (Wildman–Crippen MR) is 118 cm³/mol. The Labute approximate surface area is 175 Å². The Balaban J connectivity index is 1.59. The van der Waals surface area contributed by atoms with Crippen LogP contribution in [0.25, 0.3) is 0 Å². The number of para-hydroxylation sites is 2. The second-order valence-corrected chi connectivity index (χ2v) is 6.54. The number of benzene rings is 2. The smallest absolute Gasteiger partial charge is 0.323 e. The van der Waals surface area contributed by atoms with E-state index in [0.717, 1.165) is 18.6 Å². The molecule has 3 rings (SSSR count). The topological polar surface area (TPSA) is 92.4 Å². The van der Waals surface area contributed by atoms with Gasteiger partial charge < -0.3 is 20.7 Å². The highest BCUT2D eigenvalue weighted by molar-refractivity contribution is 6.08. The Hall–Kier alpha value is -3.87. The molecule has 7 heteroatoms. The number of carbonyl (C=O) groups excluding carboxylic acids is 2. The number of unbranched alkanes of at least 4 members (excludes halogenated alkanes) is 1. The van der Waals surface area contributed by atoms with E-state index in [4.69, 9.17) is 4.74 Å². The quantitative estimate of drug-likeness (QED) is 0.452. The lowest BCUT2D eigenvalue weighted by Crippen LogP contribution is -2.21. The van der Waals surface area contributed by atoms with Gasteiger partial charge in [0.15, 0.2) is 0 Å². The Bertz CT molecular complexity index is 975. The summed E-state index contributed by atoms with van der Waals surface area (Å²) in [4.78, 5) is 28.7. The van der Waals surface area contributed by atoms with E-state index in [0.29, 0.717) is 29.2 Å². The molecule has 1 heterocycles. The fraction of sp³-hybridized carbons (Fsp3) is 0.174. The number of urea groups is 1. The maximum Gasteiger partial charge on any atom is 0.323 e. The lowest BCUT2D eigenvalue weighted by atomic mass is 10.2. The maximum atomic E-state index is 12.4. The van der Waals surface area contributed by atoms with E-state index < -0.39 is 6.03 Å². The highest BCUT2D eigenvalue weighted by Gasteiger charge is 2.11. The lowest BCUT2D eigenvalue weighted by molar-refractivity contribution is 0.102. The van der Waals surface area contributed by atoms with Gasteiger partial charge in [0.2, 0.25) is 0 Å². The van der Waals surface area contributed by atoms with Gasteiger partial charge in [0.25, 0.3) is 5.91 Å². The van der Waals surface area contributed by atoms with Crippen molar-refractivity contribution in [1.82, 2.24) is 4.98 Å². The predicted octanol–water partition coefficient (Wildman–Crippen LogP) is 5.16. The van der Waals surface area contributed by atoms with Crippen LogP contribution in [0.3, 0.4) is 0 Å². The van der Waals surface area contributed by atoms with Crippen LogP contribution in [0.5, 0.6) is 5.75 Å². The van der Waals surface area contributed by atoms with Crippen LogP contribution in [0.15, 0.2) is 73.1 Å². The first-order valence-corrected chi connectivity index (χ1v) is 9.77. The number of pyridine rings is 1. The summed E-state index contributed by atoms with van der Waals surface area (Å²) in [6.07, 6.45) is 5.17. The molecule has 30 heavy (non-hydrogen) atoms. The summed E-state index contributed by atoms with van der Waals surface area (Å²) in [6.45, 7) is 2.78. The normalized spacial score (nSPS) is 10.2. The number of nitrogens with zero attached hydrogens (tertiary/aromatic N) is 1. The zero-order valence-corrected chi connectivity index (χ0v) is 16.7. The zero-order chi connectivity index (χ0) is 21.2. The molecule has 0 bridgehead atoms. The Kier molecular flexibility index (Phi) is 7.38. The molecule has 0 fully saturated rings. The number of carbonyl (C=O) groups is 2. The molecule has 2 aromatic carbocycles. The summed E-state index contributed by atoms with van der Waals surface area (Å²) in [6, 6.07) is 17.0. The van der Waals surface area contributed by atoms with E-state index in [9.17, 15) is 9.59 Å². The van der Waals surface area contributed by atoms with Crippen molar-refractivity contribution in [1.29, 1.82) is 0 Å². The first kappa shape index (κ1) is 20.9. The average Bonchev–Trinajstić information content (AvgIpc) is 2.77. The largest absolute Gasteiger partial charge is 0.494 e. The van der Waals surface area contributed by atoms with Crippen LogP contribution < -0.4 is 20.7 Å². The van der Waals surface area contributed by atoms with Crippen LogP contribution in [0, 0.1) is 0 Å². The Morgan fingerprint density at radius 3 is 2.20 bits per heavy atom. The van der Waals surface area contributed by atoms with E-state index in [1.54, 1.807) is 60.9 Å². The molecular formula is C23H24N4O3. The number of aromatic nitrogens is 1. The molecule has 0 atom stereocenters. The highest BCUT2D eigenvalue weighted by atomic mass is 16.5. The fourth-order valence-electron chi connectivity index (χ4n) is 2.65. The van der Waals surface area contributed by atoms with Crippen molar-refractivity contribution in [3.63, 3.8) is 0 Å². The minimum Gasteiger partial charge on any atom is -0.494 e. The Morgan fingerprint density at radius 2 is 1.53 bits per heavy atom. The second kappa shape index (κ2) is 10.6. The average molecular weight is 404 g/mol. The summed E-state index contributed by atoms with van der Waals surface area (Å²) < 4.78 is 5.62. The monoisotopic (exact) mass is 404 g/mol. The van der Waals surface area contributed by atoms with E-state index in [2.05, 4.69) is 27.9 Å². The number of ether oxygens (including phenoxy) is 1.